The van der Waals surface area contributed by atoms with Crippen molar-refractivity contribution in [3.63, 3.8) is 0 Å². The minimum absolute atomic E-state index is 0.0379. The van der Waals surface area contributed by atoms with Gasteiger partial charge in [0.05, 0.1) is 6.04 Å². The molecule has 0 aromatic carbocycles. The summed E-state index contributed by atoms with van der Waals surface area (Å²) >= 11 is 0. The summed E-state index contributed by atoms with van der Waals surface area (Å²) in [7, 11) is -2.14. The summed E-state index contributed by atoms with van der Waals surface area (Å²) in [6.45, 7) is 22.9. The van der Waals surface area contributed by atoms with Crippen molar-refractivity contribution in [2.45, 2.75) is 135 Å². The third-order valence-electron chi connectivity index (χ3n) is 7.33. The lowest BCUT2D eigenvalue weighted by atomic mass is 9.94. The molecule has 3 fully saturated rings. The monoisotopic (exact) mass is 500 g/mol. The maximum Gasteiger partial charge on any atom is 0.407 e. The summed E-state index contributed by atoms with van der Waals surface area (Å²) in [4.78, 5) is 14.9. The summed E-state index contributed by atoms with van der Waals surface area (Å²) in [6, 6.07) is -0.0565. The van der Waals surface area contributed by atoms with Gasteiger partial charge in [0.1, 0.15) is 23.9 Å². The molecule has 1 N–H and O–H groups in total. The van der Waals surface area contributed by atoms with Gasteiger partial charge in [-0.25, -0.2) is 4.79 Å². The first-order valence-electron chi connectivity index (χ1n) is 12.9. The third kappa shape index (κ3) is 6.73. The second-order valence-electron chi connectivity index (χ2n) is 13.0. The van der Waals surface area contributed by atoms with Crippen LogP contribution in [0.15, 0.2) is 0 Å². The Balaban J connectivity index is 1.87. The highest BCUT2D eigenvalue weighted by Crippen LogP contribution is 2.43. The fourth-order valence-electron chi connectivity index (χ4n) is 4.68. The topological polar surface area (TPSA) is 78.5 Å². The van der Waals surface area contributed by atoms with E-state index in [2.05, 4.69) is 44.1 Å². The van der Waals surface area contributed by atoms with Crippen molar-refractivity contribution in [1.82, 2.24) is 10.2 Å². The van der Waals surface area contributed by atoms with E-state index in [-0.39, 0.29) is 29.8 Å². The number of ether oxygens (including phenoxy) is 4. The largest absolute Gasteiger partial charge is 0.444 e. The second-order valence-corrected chi connectivity index (χ2v) is 17.7. The number of hydrogen-bond donors (Lipinski definition) is 1. The fourth-order valence-corrected chi connectivity index (χ4v) is 5.81. The molecule has 198 valence electrons. The zero-order valence-corrected chi connectivity index (χ0v) is 24.0. The molecule has 1 amide bonds. The van der Waals surface area contributed by atoms with Gasteiger partial charge in [-0.2, -0.15) is 0 Å². The van der Waals surface area contributed by atoms with Gasteiger partial charge in [-0.3, -0.25) is 4.90 Å². The smallest absolute Gasteiger partial charge is 0.407 e. The molecule has 8 nitrogen and oxygen atoms in total. The van der Waals surface area contributed by atoms with Gasteiger partial charge in [0.25, 0.3) is 0 Å². The van der Waals surface area contributed by atoms with Gasteiger partial charge in [0.2, 0.25) is 0 Å². The summed E-state index contributed by atoms with van der Waals surface area (Å²) < 4.78 is 31.9. The van der Waals surface area contributed by atoms with Crippen LogP contribution in [0, 0.1) is 0 Å². The van der Waals surface area contributed by atoms with Gasteiger partial charge in [-0.05, 0) is 78.7 Å². The van der Waals surface area contributed by atoms with Crippen LogP contribution in [0.5, 0.6) is 0 Å². The molecule has 3 saturated heterocycles. The zero-order chi connectivity index (χ0) is 25.5. The quantitative estimate of drug-likeness (QED) is 0.551. The van der Waals surface area contributed by atoms with Gasteiger partial charge in [-0.1, -0.05) is 27.2 Å². The molecule has 3 aliphatic rings. The number of carbonyl (C=O) groups excluding carboxylic acids is 1. The lowest BCUT2D eigenvalue weighted by molar-refractivity contribution is -0.236. The molecular weight excluding hydrogens is 452 g/mol. The van der Waals surface area contributed by atoms with Crippen molar-refractivity contribution in [3.05, 3.63) is 0 Å². The van der Waals surface area contributed by atoms with Crippen LogP contribution >= 0.6 is 0 Å². The van der Waals surface area contributed by atoms with Crippen LogP contribution in [-0.4, -0.2) is 81.0 Å². The fraction of sp³-hybridized carbons (Fsp3) is 0.960. The first-order chi connectivity index (χ1) is 15.5. The summed E-state index contributed by atoms with van der Waals surface area (Å²) in [5.74, 6) is -0.733. The van der Waals surface area contributed by atoms with Crippen LogP contribution in [0.25, 0.3) is 0 Å². The highest BCUT2D eigenvalue weighted by atomic mass is 28.4. The molecule has 0 bridgehead atoms. The van der Waals surface area contributed by atoms with E-state index in [1.807, 2.05) is 34.6 Å². The molecule has 0 saturated carbocycles. The molecule has 0 aliphatic carbocycles. The SMILES string of the molecule is CC(C)(C)OC(=O)NC[C@H]1OC(O[Si](C)(C)C(C)(C)C)[C@H](N2CCCCC2)C2OC(C)(C)O[C@H]21. The van der Waals surface area contributed by atoms with Crippen molar-refractivity contribution in [1.29, 1.82) is 0 Å². The number of hydrogen-bond acceptors (Lipinski definition) is 7. The molecule has 9 heteroatoms. The normalized spacial score (nSPS) is 32.8. The molecule has 2 unspecified atom stereocenters. The van der Waals surface area contributed by atoms with Crippen LogP contribution < -0.4 is 5.32 Å². The molecule has 0 aromatic heterocycles. The molecule has 3 rings (SSSR count). The number of likely N-dealkylation sites (tertiary alicyclic amines) is 1. The van der Waals surface area contributed by atoms with Gasteiger partial charge in [0.15, 0.2) is 20.4 Å². The van der Waals surface area contributed by atoms with Crippen LogP contribution in [0.3, 0.4) is 0 Å². The van der Waals surface area contributed by atoms with Crippen LogP contribution in [0.1, 0.15) is 74.7 Å². The Morgan fingerprint density at radius 2 is 1.62 bits per heavy atom. The lowest BCUT2D eigenvalue weighted by Crippen LogP contribution is -2.67. The second kappa shape index (κ2) is 9.98. The Bertz CT molecular complexity index is 711. The number of rotatable bonds is 5. The summed E-state index contributed by atoms with van der Waals surface area (Å²) in [6.07, 6.45) is 1.72. The van der Waals surface area contributed by atoms with Crippen molar-refractivity contribution < 1.29 is 28.2 Å². The summed E-state index contributed by atoms with van der Waals surface area (Å²) in [5.41, 5.74) is -0.567. The molecule has 0 spiro atoms. The highest BCUT2D eigenvalue weighted by molar-refractivity contribution is 6.74. The number of carbonyl (C=O) groups is 1. The number of piperidine rings is 1. The van der Waals surface area contributed by atoms with Crippen molar-refractivity contribution in [2.75, 3.05) is 19.6 Å². The van der Waals surface area contributed by atoms with Crippen LogP contribution in [0.2, 0.25) is 18.1 Å². The maximum absolute atomic E-state index is 12.4. The molecule has 0 radical (unpaired) electrons. The minimum atomic E-state index is -2.14. The summed E-state index contributed by atoms with van der Waals surface area (Å²) in [5, 5.41) is 2.92. The Morgan fingerprint density at radius 1 is 1.03 bits per heavy atom. The molecule has 3 aliphatic heterocycles. The Labute approximate surface area is 207 Å². The first kappa shape index (κ1) is 27.9. The average molecular weight is 501 g/mol. The number of amides is 1. The van der Waals surface area contributed by atoms with Gasteiger partial charge in [-0.15, -0.1) is 0 Å². The van der Waals surface area contributed by atoms with Crippen molar-refractivity contribution in [3.8, 4) is 0 Å². The third-order valence-corrected chi connectivity index (χ3v) is 11.8. The van der Waals surface area contributed by atoms with E-state index < -0.39 is 38.2 Å². The minimum Gasteiger partial charge on any atom is -0.444 e. The maximum atomic E-state index is 12.4. The van der Waals surface area contributed by atoms with Crippen LogP contribution in [-0.2, 0) is 23.4 Å². The first-order valence-corrected chi connectivity index (χ1v) is 15.8. The molecule has 34 heavy (non-hydrogen) atoms. The standard InChI is InChI=1S/C25H48N2O6Si/c1-23(2,3)32-22(28)26-16-17-19-20(31-25(7,8)30-19)18(27-14-12-11-13-15-27)21(29-17)33-34(9,10)24(4,5)6/h17-21H,11-16H2,1-10H3,(H,26,28)/t17-,18-,19+,20?,21?/m1/s1. The van der Waals surface area contributed by atoms with E-state index in [0.29, 0.717) is 0 Å². The van der Waals surface area contributed by atoms with E-state index >= 15 is 0 Å². The lowest BCUT2D eigenvalue weighted by Gasteiger charge is -2.50. The molecular formula is C25H48N2O6Si. The zero-order valence-electron chi connectivity index (χ0n) is 23.0. The number of alkyl carbamates (subject to hydrolysis) is 1. The van der Waals surface area contributed by atoms with E-state index in [1.165, 1.54) is 6.42 Å². The van der Waals surface area contributed by atoms with Gasteiger partial charge in [0, 0.05) is 6.54 Å². The van der Waals surface area contributed by atoms with Crippen molar-refractivity contribution in [2.24, 2.45) is 0 Å². The Morgan fingerprint density at radius 3 is 2.18 bits per heavy atom. The van der Waals surface area contributed by atoms with E-state index in [9.17, 15) is 4.79 Å². The predicted molar refractivity (Wildman–Crippen MR) is 134 cm³/mol. The molecule has 3 heterocycles. The molecule has 0 aromatic rings. The van der Waals surface area contributed by atoms with Crippen LogP contribution in [0.4, 0.5) is 4.79 Å². The molecule has 5 atom stereocenters. The predicted octanol–water partition coefficient (Wildman–Crippen LogP) is 4.63. The number of nitrogens with one attached hydrogen (secondary N) is 1. The van der Waals surface area contributed by atoms with E-state index in [1.54, 1.807) is 0 Å². The average Bonchev–Trinajstić information content (AvgIpc) is 2.99. The Kier molecular flexibility index (Phi) is 8.18. The van der Waals surface area contributed by atoms with Crippen molar-refractivity contribution >= 4 is 14.4 Å². The number of fused-ring (bicyclic) bond motifs is 1. The van der Waals surface area contributed by atoms with E-state index in [0.717, 1.165) is 25.9 Å². The highest BCUT2D eigenvalue weighted by Gasteiger charge is 2.58. The van der Waals surface area contributed by atoms with Gasteiger partial charge < -0.3 is 28.7 Å². The Hall–Kier alpha value is -0.713. The van der Waals surface area contributed by atoms with Gasteiger partial charge >= 0.3 is 6.09 Å². The number of nitrogens with zero attached hydrogens (tertiary/aromatic N) is 1. The van der Waals surface area contributed by atoms with E-state index in [4.69, 9.17) is 23.4 Å².